The average molecular weight is 699 g/mol. The van der Waals surface area contributed by atoms with Crippen LogP contribution in [0.3, 0.4) is 0 Å². The third-order valence-corrected chi connectivity index (χ3v) is 8.44. The molecule has 0 radical (unpaired) electrons. The Kier molecular flexibility index (Phi) is 13.7. The Morgan fingerprint density at radius 2 is 1.46 bits per heavy atom. The summed E-state index contributed by atoms with van der Waals surface area (Å²) in [6, 6.07) is 3.99. The number of nitrogens with one attached hydrogen (secondary N) is 2. The van der Waals surface area contributed by atoms with Crippen molar-refractivity contribution >= 4 is 49.5 Å². The monoisotopic (exact) mass is 696 g/mol. The van der Waals surface area contributed by atoms with Crippen LogP contribution in [-0.4, -0.2) is 133 Å². The highest BCUT2D eigenvalue weighted by atomic mass is 79.9. The van der Waals surface area contributed by atoms with Gasteiger partial charge in [0.2, 0.25) is 0 Å². The lowest BCUT2D eigenvalue weighted by molar-refractivity contribution is 0.138. The lowest BCUT2D eigenvalue weighted by Gasteiger charge is -2.35. The summed E-state index contributed by atoms with van der Waals surface area (Å²) in [5.74, 6) is 1.29. The van der Waals surface area contributed by atoms with E-state index in [1.54, 1.807) is 12.4 Å². The van der Waals surface area contributed by atoms with Gasteiger partial charge in [0.1, 0.15) is 11.6 Å². The van der Waals surface area contributed by atoms with Crippen LogP contribution >= 0.6 is 31.9 Å². The second kappa shape index (κ2) is 16.7. The number of piperazine rings is 2. The summed E-state index contributed by atoms with van der Waals surface area (Å²) in [6.45, 7) is 14.2. The predicted octanol–water partition coefficient (Wildman–Crippen LogP) is 2.84. The molecule has 0 aliphatic carbocycles. The molecule has 2 aromatic heterocycles. The maximum Gasteiger partial charge on any atom is 0.323 e. The van der Waals surface area contributed by atoms with Gasteiger partial charge in [0.15, 0.2) is 0 Å². The fourth-order valence-electron chi connectivity index (χ4n) is 4.85. The number of hydrogen-bond acceptors (Lipinski definition) is 9. The van der Waals surface area contributed by atoms with E-state index in [1.807, 2.05) is 17.0 Å². The molecule has 4 N–H and O–H groups in total. The normalized spacial score (nSPS) is 18.6. The first-order chi connectivity index (χ1) is 19.3. The molecule has 228 valence electrons. The van der Waals surface area contributed by atoms with E-state index in [0.717, 1.165) is 79.0 Å². The fourth-order valence-corrected chi connectivity index (χ4v) is 5.61. The number of fused-ring (bicyclic) bond motifs is 1. The van der Waals surface area contributed by atoms with Crippen LogP contribution in [0.25, 0.3) is 0 Å². The molecule has 41 heavy (non-hydrogen) atoms. The molecule has 0 unspecified atom stereocenters. The zero-order chi connectivity index (χ0) is 28.5. The van der Waals surface area contributed by atoms with E-state index in [0.29, 0.717) is 18.2 Å². The van der Waals surface area contributed by atoms with Crippen LogP contribution in [0, 0.1) is 0 Å². The minimum Gasteiger partial charge on any atom is -0.383 e. The first kappa shape index (κ1) is 33.6. The molecule has 3 aliphatic heterocycles. The smallest absolute Gasteiger partial charge is 0.323 e. The van der Waals surface area contributed by atoms with E-state index in [2.05, 4.69) is 86.2 Å². The van der Waals surface area contributed by atoms with Gasteiger partial charge < -0.3 is 25.8 Å². The third-order valence-electron chi connectivity index (χ3n) is 7.57. The van der Waals surface area contributed by atoms with Crippen molar-refractivity contribution in [2.75, 3.05) is 104 Å². The van der Waals surface area contributed by atoms with Crippen molar-refractivity contribution in [1.82, 2.24) is 39.8 Å². The number of amides is 2. The maximum absolute atomic E-state index is 12.1. The van der Waals surface area contributed by atoms with Crippen molar-refractivity contribution in [3.63, 3.8) is 0 Å². The van der Waals surface area contributed by atoms with Gasteiger partial charge in [-0.1, -0.05) is 7.43 Å². The van der Waals surface area contributed by atoms with Crippen LogP contribution in [0.5, 0.6) is 0 Å². The van der Waals surface area contributed by atoms with Crippen molar-refractivity contribution in [2.24, 2.45) is 0 Å². The van der Waals surface area contributed by atoms with Gasteiger partial charge in [-0.2, -0.15) is 0 Å². The summed E-state index contributed by atoms with van der Waals surface area (Å²) >= 11 is 6.84. The van der Waals surface area contributed by atoms with Gasteiger partial charge in [-0.05, 0) is 58.1 Å². The largest absolute Gasteiger partial charge is 0.383 e. The fraction of sp³-hybridized carbons (Fsp3) is 0.607. The highest BCUT2D eigenvalue weighted by Gasteiger charge is 2.24. The maximum atomic E-state index is 12.1. The molecule has 0 aromatic carbocycles. The Bertz CT molecular complexity index is 1110. The number of carbonyl (C=O) groups excluding carboxylic acids is 1. The number of carbonyl (C=O) groups is 1. The number of rotatable bonds is 8. The van der Waals surface area contributed by atoms with Gasteiger partial charge in [-0.25, -0.2) is 14.8 Å². The molecular formula is C28H46Br2N10O. The van der Waals surface area contributed by atoms with E-state index in [1.165, 1.54) is 26.2 Å². The summed E-state index contributed by atoms with van der Waals surface area (Å²) < 4.78 is 1.91. The molecule has 0 saturated carbocycles. The Morgan fingerprint density at radius 3 is 2.12 bits per heavy atom. The molecule has 2 fully saturated rings. The number of anilines is 2. The van der Waals surface area contributed by atoms with E-state index in [-0.39, 0.29) is 13.5 Å². The summed E-state index contributed by atoms with van der Waals surface area (Å²) in [5, 5.41) is 6.29. The molecule has 5 heterocycles. The zero-order valence-electron chi connectivity index (χ0n) is 23.6. The summed E-state index contributed by atoms with van der Waals surface area (Å²) in [7, 11) is 4.33. The quantitative estimate of drug-likeness (QED) is 0.359. The van der Waals surface area contributed by atoms with Crippen LogP contribution in [0.1, 0.15) is 18.6 Å². The first-order valence-electron chi connectivity index (χ1n) is 13.9. The number of hydrogen-bond donors (Lipinski definition) is 3. The average Bonchev–Trinajstić information content (AvgIpc) is 2.94. The van der Waals surface area contributed by atoms with E-state index in [4.69, 9.17) is 5.73 Å². The summed E-state index contributed by atoms with van der Waals surface area (Å²) in [5.41, 5.74) is 7.95. The molecule has 0 atom stereocenters. The Balaban J connectivity index is 0.000000221. The molecule has 0 spiro atoms. The summed E-state index contributed by atoms with van der Waals surface area (Å²) in [6.07, 6.45) is 3.43. The molecule has 2 amide bonds. The standard InChI is InChI=1S/C14H20BrN5O.C13H22BrN5.CH4/c1-18-2-4-19(5-3-18)6-7-20-10-11-8-12(15)9-16-13(11)17-14(20)21;1-18-4-6-19(7-5-18)3-2-16-9-11-8-12(14)10-17-13(11)15;/h8-9H,2-7,10H2,1H3,(H,16,17,21);8,10,16H,2-7,9H2,1H3,(H2,15,17);1H4. The number of nitrogens with zero attached hydrogens (tertiary/aromatic N) is 7. The Morgan fingerprint density at radius 1 is 0.878 bits per heavy atom. The Hall–Kier alpha value is -1.87. The molecule has 0 bridgehead atoms. The van der Waals surface area contributed by atoms with Crippen molar-refractivity contribution in [3.8, 4) is 0 Å². The second-order valence-electron chi connectivity index (χ2n) is 10.7. The number of halogens is 2. The first-order valence-corrected chi connectivity index (χ1v) is 15.5. The van der Waals surface area contributed by atoms with Crippen LogP contribution < -0.4 is 16.4 Å². The second-order valence-corrected chi connectivity index (χ2v) is 12.5. The number of nitrogen functional groups attached to an aromatic ring is 1. The van der Waals surface area contributed by atoms with Gasteiger partial charge in [-0.15, -0.1) is 0 Å². The molecule has 3 aliphatic rings. The number of aromatic nitrogens is 2. The number of pyridine rings is 2. The van der Waals surface area contributed by atoms with E-state index in [9.17, 15) is 4.79 Å². The van der Waals surface area contributed by atoms with Gasteiger partial charge in [-0.3, -0.25) is 15.1 Å². The number of nitrogens with two attached hydrogens (primary N) is 1. The number of likely N-dealkylation sites (N-methyl/N-ethyl adjacent to an activating group) is 2. The van der Waals surface area contributed by atoms with E-state index >= 15 is 0 Å². The van der Waals surface area contributed by atoms with E-state index < -0.39 is 0 Å². The lowest BCUT2D eigenvalue weighted by Crippen LogP contribution is -2.48. The van der Waals surface area contributed by atoms with Crippen molar-refractivity contribution in [3.05, 3.63) is 44.6 Å². The summed E-state index contributed by atoms with van der Waals surface area (Å²) in [4.78, 5) is 32.0. The van der Waals surface area contributed by atoms with Crippen molar-refractivity contribution < 1.29 is 4.79 Å². The van der Waals surface area contributed by atoms with Crippen molar-refractivity contribution in [2.45, 2.75) is 20.5 Å². The molecule has 11 nitrogen and oxygen atoms in total. The topological polar surface area (TPSA) is 109 Å². The van der Waals surface area contributed by atoms with Gasteiger partial charge >= 0.3 is 6.03 Å². The zero-order valence-corrected chi connectivity index (χ0v) is 26.8. The van der Waals surface area contributed by atoms with Gasteiger partial charge in [0.05, 0.1) is 6.54 Å². The SMILES string of the molecule is C.CN1CCN(CCN2Cc3cc(Br)cnc3NC2=O)CC1.CN1CCN(CCNCc2cc(Br)cnc2N)CC1. The van der Waals surface area contributed by atoms with Gasteiger partial charge in [0, 0.05) is 118 Å². The minimum atomic E-state index is -0.0496. The van der Waals surface area contributed by atoms with Crippen molar-refractivity contribution in [1.29, 1.82) is 0 Å². The highest BCUT2D eigenvalue weighted by Crippen LogP contribution is 2.24. The van der Waals surface area contributed by atoms with Crippen LogP contribution in [0.2, 0.25) is 0 Å². The lowest BCUT2D eigenvalue weighted by atomic mass is 10.2. The van der Waals surface area contributed by atoms with Gasteiger partial charge in [0.25, 0.3) is 0 Å². The predicted molar refractivity (Wildman–Crippen MR) is 174 cm³/mol. The molecule has 5 rings (SSSR count). The minimum absolute atomic E-state index is 0. The van der Waals surface area contributed by atoms with Crippen LogP contribution in [0.4, 0.5) is 16.4 Å². The van der Waals surface area contributed by atoms with Crippen LogP contribution in [0.15, 0.2) is 33.5 Å². The highest BCUT2D eigenvalue weighted by molar-refractivity contribution is 9.10. The molecule has 2 aromatic rings. The van der Waals surface area contributed by atoms with Crippen LogP contribution in [-0.2, 0) is 13.1 Å². The number of urea groups is 1. The Labute approximate surface area is 262 Å². The molecule has 13 heteroatoms. The molecular weight excluding hydrogens is 652 g/mol. The third kappa shape index (κ3) is 10.7. The molecule has 2 saturated heterocycles.